The topological polar surface area (TPSA) is 34.1 Å². The van der Waals surface area contributed by atoms with Crippen molar-refractivity contribution in [2.75, 3.05) is 11.9 Å². The van der Waals surface area contributed by atoms with Gasteiger partial charge < -0.3 is 10.1 Å². The second-order valence-electron chi connectivity index (χ2n) is 4.12. The monoisotopic (exact) mass is 262 g/mol. The zero-order valence-electron chi connectivity index (χ0n) is 11.0. The molecule has 1 heterocycles. The average Bonchev–Trinajstić information content (AvgIpc) is 2.74. The summed E-state index contributed by atoms with van der Waals surface area (Å²) >= 11 is 1.69. The van der Waals surface area contributed by atoms with E-state index in [1.54, 1.807) is 11.3 Å². The van der Waals surface area contributed by atoms with Crippen molar-refractivity contribution < 1.29 is 4.74 Å². The van der Waals surface area contributed by atoms with E-state index < -0.39 is 0 Å². The molecule has 1 aromatic carbocycles. The maximum Gasteiger partial charge on any atom is 0.119 e. The number of anilines is 1. The van der Waals surface area contributed by atoms with Crippen molar-refractivity contribution in [2.24, 2.45) is 0 Å². The molecule has 0 aliphatic carbocycles. The first-order valence-corrected chi connectivity index (χ1v) is 6.95. The molecule has 2 rings (SSSR count). The number of benzene rings is 1. The predicted molar refractivity (Wildman–Crippen MR) is 76.5 cm³/mol. The number of hydrogen-bond donors (Lipinski definition) is 1. The first-order valence-electron chi connectivity index (χ1n) is 6.07. The number of nitrogens with zero attached hydrogens (tertiary/aromatic N) is 1. The Balaban J connectivity index is 2.03. The van der Waals surface area contributed by atoms with Crippen molar-refractivity contribution in [3.8, 4) is 5.75 Å². The highest BCUT2D eigenvalue weighted by atomic mass is 32.1. The van der Waals surface area contributed by atoms with Crippen LogP contribution in [0.15, 0.2) is 23.7 Å². The Labute approximate surface area is 112 Å². The van der Waals surface area contributed by atoms with Gasteiger partial charge in [0.25, 0.3) is 0 Å². The number of nitrogens with one attached hydrogen (secondary N) is 1. The molecule has 0 saturated heterocycles. The predicted octanol–water partition coefficient (Wildman–Crippen LogP) is 3.77. The summed E-state index contributed by atoms with van der Waals surface area (Å²) in [5.74, 6) is 0.925. The van der Waals surface area contributed by atoms with Crippen molar-refractivity contribution in [3.05, 3.63) is 39.8 Å². The number of ether oxygens (including phenoxy) is 1. The first-order chi connectivity index (χ1) is 8.70. The van der Waals surface area contributed by atoms with Gasteiger partial charge in [0.15, 0.2) is 0 Å². The van der Waals surface area contributed by atoms with Crippen LogP contribution in [-0.4, -0.2) is 11.6 Å². The maximum absolute atomic E-state index is 5.48. The van der Waals surface area contributed by atoms with E-state index in [-0.39, 0.29) is 0 Å². The van der Waals surface area contributed by atoms with Crippen LogP contribution in [0.1, 0.15) is 23.1 Å². The molecule has 0 fully saturated rings. The van der Waals surface area contributed by atoms with E-state index in [4.69, 9.17) is 4.74 Å². The summed E-state index contributed by atoms with van der Waals surface area (Å²) in [7, 11) is 0. The summed E-state index contributed by atoms with van der Waals surface area (Å²) in [5.41, 5.74) is 5.34. The molecule has 1 N–H and O–H groups in total. The van der Waals surface area contributed by atoms with Crippen molar-refractivity contribution in [1.29, 1.82) is 0 Å². The maximum atomic E-state index is 5.48. The molecule has 0 aliphatic rings. The summed E-state index contributed by atoms with van der Waals surface area (Å²) in [6, 6.07) is 6.13. The lowest BCUT2D eigenvalue weighted by molar-refractivity contribution is 0.340. The molecule has 0 amide bonds. The van der Waals surface area contributed by atoms with Gasteiger partial charge in [-0.3, -0.25) is 0 Å². The highest BCUT2D eigenvalue weighted by Gasteiger charge is 2.03. The number of thiazole rings is 1. The van der Waals surface area contributed by atoms with E-state index in [2.05, 4.69) is 29.4 Å². The van der Waals surface area contributed by atoms with E-state index in [1.807, 2.05) is 25.4 Å². The molecule has 0 saturated carbocycles. The lowest BCUT2D eigenvalue weighted by Gasteiger charge is -2.11. The van der Waals surface area contributed by atoms with Crippen LogP contribution >= 0.6 is 11.3 Å². The van der Waals surface area contributed by atoms with Crippen LogP contribution in [0.4, 0.5) is 5.69 Å². The third-order valence-electron chi connectivity index (χ3n) is 2.79. The van der Waals surface area contributed by atoms with Gasteiger partial charge >= 0.3 is 0 Å². The van der Waals surface area contributed by atoms with Crippen LogP contribution in [0.3, 0.4) is 0 Å². The molecule has 4 heteroatoms. The van der Waals surface area contributed by atoms with Crippen molar-refractivity contribution in [2.45, 2.75) is 27.3 Å². The highest BCUT2D eigenvalue weighted by Crippen LogP contribution is 2.23. The lowest BCUT2D eigenvalue weighted by Crippen LogP contribution is -2.01. The van der Waals surface area contributed by atoms with Crippen LogP contribution in [0, 0.1) is 13.8 Å². The van der Waals surface area contributed by atoms with E-state index in [0.29, 0.717) is 6.61 Å². The molecule has 0 bridgehead atoms. The summed E-state index contributed by atoms with van der Waals surface area (Å²) in [5, 5.41) is 3.44. The molecule has 1 aromatic heterocycles. The number of aromatic nitrogens is 1. The standard InChI is InChI=1S/C14H18N2OS/c1-4-17-12-5-6-13(10(2)7-12)15-8-14-11(3)16-9-18-14/h5-7,9,15H,4,8H2,1-3H3. The number of aryl methyl sites for hydroxylation is 2. The van der Waals surface area contributed by atoms with Crippen LogP contribution < -0.4 is 10.1 Å². The van der Waals surface area contributed by atoms with Crippen molar-refractivity contribution >= 4 is 17.0 Å². The zero-order chi connectivity index (χ0) is 13.0. The SMILES string of the molecule is CCOc1ccc(NCc2scnc2C)c(C)c1. The molecule has 0 unspecified atom stereocenters. The molecular weight excluding hydrogens is 244 g/mol. The highest BCUT2D eigenvalue weighted by molar-refractivity contribution is 7.09. The summed E-state index contributed by atoms with van der Waals surface area (Å²) in [6.07, 6.45) is 0. The molecule has 3 nitrogen and oxygen atoms in total. The zero-order valence-corrected chi connectivity index (χ0v) is 11.8. The van der Waals surface area contributed by atoms with Gasteiger partial charge in [-0.2, -0.15) is 0 Å². The van der Waals surface area contributed by atoms with Gasteiger partial charge in [0, 0.05) is 10.6 Å². The van der Waals surface area contributed by atoms with Gasteiger partial charge in [-0.1, -0.05) is 0 Å². The molecule has 0 atom stereocenters. The van der Waals surface area contributed by atoms with Crippen LogP contribution in [-0.2, 0) is 6.54 Å². The van der Waals surface area contributed by atoms with E-state index in [0.717, 1.165) is 23.7 Å². The third-order valence-corrected chi connectivity index (χ3v) is 3.73. The average molecular weight is 262 g/mol. The van der Waals surface area contributed by atoms with Gasteiger partial charge in [-0.25, -0.2) is 4.98 Å². The lowest BCUT2D eigenvalue weighted by atomic mass is 10.2. The van der Waals surface area contributed by atoms with Crippen LogP contribution in [0.2, 0.25) is 0 Å². The minimum atomic E-state index is 0.701. The minimum Gasteiger partial charge on any atom is -0.494 e. The fraction of sp³-hybridized carbons (Fsp3) is 0.357. The van der Waals surface area contributed by atoms with Gasteiger partial charge in [-0.05, 0) is 44.5 Å². The first kappa shape index (κ1) is 12.9. The quantitative estimate of drug-likeness (QED) is 0.890. The Morgan fingerprint density at radius 1 is 1.33 bits per heavy atom. The molecule has 0 spiro atoms. The normalized spacial score (nSPS) is 10.4. The van der Waals surface area contributed by atoms with Gasteiger partial charge in [0.05, 0.1) is 24.4 Å². The van der Waals surface area contributed by atoms with Crippen molar-refractivity contribution in [1.82, 2.24) is 4.98 Å². The van der Waals surface area contributed by atoms with Crippen LogP contribution in [0.25, 0.3) is 0 Å². The van der Waals surface area contributed by atoms with Gasteiger partial charge in [0.1, 0.15) is 5.75 Å². The fourth-order valence-corrected chi connectivity index (χ4v) is 2.48. The molecule has 96 valence electrons. The second kappa shape index (κ2) is 5.87. The number of rotatable bonds is 5. The second-order valence-corrected chi connectivity index (χ2v) is 5.06. The molecular formula is C14H18N2OS. The smallest absolute Gasteiger partial charge is 0.119 e. The fourth-order valence-electron chi connectivity index (χ4n) is 1.76. The molecule has 18 heavy (non-hydrogen) atoms. The van der Waals surface area contributed by atoms with Crippen LogP contribution in [0.5, 0.6) is 5.75 Å². The summed E-state index contributed by atoms with van der Waals surface area (Å²) < 4.78 is 5.48. The molecule has 0 radical (unpaired) electrons. The van der Waals surface area contributed by atoms with E-state index >= 15 is 0 Å². The Morgan fingerprint density at radius 2 is 2.17 bits per heavy atom. The van der Waals surface area contributed by atoms with Gasteiger partial charge in [0.2, 0.25) is 0 Å². The Bertz CT molecular complexity index is 522. The third kappa shape index (κ3) is 3.01. The van der Waals surface area contributed by atoms with E-state index in [1.165, 1.54) is 10.4 Å². The Hall–Kier alpha value is -1.55. The summed E-state index contributed by atoms with van der Waals surface area (Å²) in [4.78, 5) is 5.53. The van der Waals surface area contributed by atoms with Gasteiger partial charge in [-0.15, -0.1) is 11.3 Å². The Kier molecular flexibility index (Phi) is 4.20. The van der Waals surface area contributed by atoms with Crippen molar-refractivity contribution in [3.63, 3.8) is 0 Å². The largest absolute Gasteiger partial charge is 0.494 e. The molecule has 0 aliphatic heterocycles. The van der Waals surface area contributed by atoms with E-state index in [9.17, 15) is 0 Å². The Morgan fingerprint density at radius 3 is 2.78 bits per heavy atom. The minimum absolute atomic E-state index is 0.701. The summed E-state index contributed by atoms with van der Waals surface area (Å²) in [6.45, 7) is 7.65. The number of hydrogen-bond acceptors (Lipinski definition) is 4. The molecule has 2 aromatic rings.